The molecule has 0 saturated carbocycles. The Morgan fingerprint density at radius 2 is 1.77 bits per heavy atom. The molecule has 10 heteroatoms. The van der Waals surface area contributed by atoms with E-state index in [1.165, 1.54) is 31.2 Å². The lowest BCUT2D eigenvalue weighted by Crippen LogP contribution is -2.58. The van der Waals surface area contributed by atoms with Gasteiger partial charge in [0.2, 0.25) is 5.91 Å². The molecule has 30 heavy (non-hydrogen) atoms. The first kappa shape index (κ1) is 22.9. The van der Waals surface area contributed by atoms with Crippen LogP contribution in [0.25, 0.3) is 0 Å². The minimum absolute atomic E-state index is 0.123. The standard InChI is InChI=1S/C20H25N3O7/c1-12(24)21-17-15(22-19(26)30-20(2,3)4)6-5-7-16(17)29-18(25)13-8-10-14(11-9-13)23(27)28/h5,7-11,15-17H,6H2,1-4H3,(H,21,24)(H,22,26)/t15-,16-,17+/m0/s1. The van der Waals surface area contributed by atoms with E-state index in [0.29, 0.717) is 6.42 Å². The van der Waals surface area contributed by atoms with Crippen molar-refractivity contribution in [2.45, 2.75) is 57.9 Å². The number of benzene rings is 1. The summed E-state index contributed by atoms with van der Waals surface area (Å²) in [5.74, 6) is -1.07. The molecule has 2 rings (SSSR count). The lowest BCUT2D eigenvalue weighted by atomic mass is 9.93. The van der Waals surface area contributed by atoms with E-state index in [-0.39, 0.29) is 17.2 Å². The number of nitrogens with zero attached hydrogens (tertiary/aromatic N) is 1. The monoisotopic (exact) mass is 419 g/mol. The molecule has 1 aliphatic rings. The topological polar surface area (TPSA) is 137 Å². The van der Waals surface area contributed by atoms with Crippen LogP contribution in [0.3, 0.4) is 0 Å². The predicted molar refractivity (Wildman–Crippen MR) is 107 cm³/mol. The number of carbonyl (C=O) groups is 3. The summed E-state index contributed by atoms with van der Waals surface area (Å²) in [5, 5.41) is 16.2. The molecule has 1 aliphatic carbocycles. The fourth-order valence-electron chi connectivity index (χ4n) is 2.90. The van der Waals surface area contributed by atoms with Gasteiger partial charge in [0.15, 0.2) is 0 Å². The first-order valence-electron chi connectivity index (χ1n) is 9.35. The van der Waals surface area contributed by atoms with Crippen molar-refractivity contribution in [2.75, 3.05) is 0 Å². The minimum Gasteiger partial charge on any atom is -0.452 e. The second-order valence-electron chi connectivity index (χ2n) is 7.82. The Kier molecular flexibility index (Phi) is 7.14. The summed E-state index contributed by atoms with van der Waals surface area (Å²) < 4.78 is 10.8. The van der Waals surface area contributed by atoms with Gasteiger partial charge < -0.3 is 20.1 Å². The smallest absolute Gasteiger partial charge is 0.407 e. The van der Waals surface area contributed by atoms with Crippen LogP contribution in [0.15, 0.2) is 36.4 Å². The molecule has 2 N–H and O–H groups in total. The van der Waals surface area contributed by atoms with Crippen molar-refractivity contribution in [3.05, 3.63) is 52.1 Å². The largest absolute Gasteiger partial charge is 0.452 e. The van der Waals surface area contributed by atoms with Gasteiger partial charge in [0, 0.05) is 19.1 Å². The van der Waals surface area contributed by atoms with Crippen molar-refractivity contribution in [3.8, 4) is 0 Å². The number of rotatable bonds is 5. The molecular formula is C20H25N3O7. The van der Waals surface area contributed by atoms with Crippen LogP contribution in [-0.4, -0.2) is 46.7 Å². The molecule has 1 aromatic rings. The van der Waals surface area contributed by atoms with Gasteiger partial charge in [-0.2, -0.15) is 0 Å². The molecule has 0 bridgehead atoms. The highest BCUT2D eigenvalue weighted by atomic mass is 16.6. The van der Waals surface area contributed by atoms with Gasteiger partial charge in [0.1, 0.15) is 11.7 Å². The Morgan fingerprint density at radius 3 is 2.30 bits per heavy atom. The Bertz CT molecular complexity index is 843. The number of non-ortho nitro benzene ring substituents is 1. The van der Waals surface area contributed by atoms with E-state index in [0.717, 1.165) is 0 Å². The molecule has 0 spiro atoms. The Hall–Kier alpha value is -3.43. The van der Waals surface area contributed by atoms with Crippen LogP contribution in [0.4, 0.5) is 10.5 Å². The van der Waals surface area contributed by atoms with E-state index in [2.05, 4.69) is 10.6 Å². The number of nitro groups is 1. The quantitative estimate of drug-likeness (QED) is 0.324. The average Bonchev–Trinajstić information content (AvgIpc) is 2.62. The molecule has 0 unspecified atom stereocenters. The van der Waals surface area contributed by atoms with Crippen molar-refractivity contribution in [2.24, 2.45) is 0 Å². The Morgan fingerprint density at radius 1 is 1.13 bits per heavy atom. The fourth-order valence-corrected chi connectivity index (χ4v) is 2.90. The predicted octanol–water partition coefficient (Wildman–Crippen LogP) is 2.48. The number of nitro benzene ring substituents is 1. The van der Waals surface area contributed by atoms with E-state index in [1.807, 2.05) is 0 Å². The third kappa shape index (κ3) is 6.57. The summed E-state index contributed by atoms with van der Waals surface area (Å²) in [6.07, 6.45) is 2.24. The third-order valence-corrected chi connectivity index (χ3v) is 4.13. The molecule has 0 aliphatic heterocycles. The molecular weight excluding hydrogens is 394 g/mol. The van der Waals surface area contributed by atoms with E-state index in [9.17, 15) is 24.5 Å². The molecule has 10 nitrogen and oxygen atoms in total. The van der Waals surface area contributed by atoms with E-state index >= 15 is 0 Å². The number of hydrogen-bond acceptors (Lipinski definition) is 7. The minimum atomic E-state index is -0.856. The highest BCUT2D eigenvalue weighted by molar-refractivity contribution is 5.90. The molecule has 162 valence electrons. The van der Waals surface area contributed by atoms with Gasteiger partial charge in [-0.1, -0.05) is 6.08 Å². The number of amides is 2. The van der Waals surface area contributed by atoms with Crippen LogP contribution in [0.1, 0.15) is 44.5 Å². The van der Waals surface area contributed by atoms with Crippen LogP contribution in [0, 0.1) is 10.1 Å². The van der Waals surface area contributed by atoms with Crippen molar-refractivity contribution in [3.63, 3.8) is 0 Å². The van der Waals surface area contributed by atoms with Crippen LogP contribution < -0.4 is 10.6 Å². The number of ether oxygens (including phenoxy) is 2. The Balaban J connectivity index is 2.14. The van der Waals surface area contributed by atoms with Crippen LogP contribution in [0.5, 0.6) is 0 Å². The third-order valence-electron chi connectivity index (χ3n) is 4.13. The van der Waals surface area contributed by atoms with Gasteiger partial charge in [0.05, 0.1) is 22.6 Å². The van der Waals surface area contributed by atoms with Crippen LogP contribution >= 0.6 is 0 Å². The fraction of sp³-hybridized carbons (Fsp3) is 0.450. The van der Waals surface area contributed by atoms with Gasteiger partial charge in [0.25, 0.3) is 5.69 Å². The summed E-state index contributed by atoms with van der Waals surface area (Å²) in [5.41, 5.74) is -0.723. The molecule has 3 atom stereocenters. The van der Waals surface area contributed by atoms with Gasteiger partial charge in [-0.3, -0.25) is 14.9 Å². The SMILES string of the molecule is CC(=O)N[C@@H]1[C@@H](NC(=O)OC(C)(C)C)CC=C[C@@H]1OC(=O)c1ccc([N+](=O)[O-])cc1. The van der Waals surface area contributed by atoms with Crippen LogP contribution in [0.2, 0.25) is 0 Å². The summed E-state index contributed by atoms with van der Waals surface area (Å²) in [7, 11) is 0. The lowest BCUT2D eigenvalue weighted by Gasteiger charge is -2.35. The van der Waals surface area contributed by atoms with E-state index in [4.69, 9.17) is 9.47 Å². The van der Waals surface area contributed by atoms with Crippen molar-refractivity contribution in [1.82, 2.24) is 10.6 Å². The number of hydrogen-bond donors (Lipinski definition) is 2. The zero-order chi connectivity index (χ0) is 22.5. The number of nitrogens with one attached hydrogen (secondary N) is 2. The highest BCUT2D eigenvalue weighted by Crippen LogP contribution is 2.20. The number of esters is 1. The zero-order valence-corrected chi connectivity index (χ0v) is 17.2. The first-order valence-corrected chi connectivity index (χ1v) is 9.35. The second-order valence-corrected chi connectivity index (χ2v) is 7.82. The van der Waals surface area contributed by atoms with Gasteiger partial charge in [-0.25, -0.2) is 9.59 Å². The highest BCUT2D eigenvalue weighted by Gasteiger charge is 2.35. The first-order chi connectivity index (χ1) is 14.0. The van der Waals surface area contributed by atoms with Gasteiger partial charge >= 0.3 is 12.1 Å². The maximum atomic E-state index is 12.5. The lowest BCUT2D eigenvalue weighted by molar-refractivity contribution is -0.384. The molecule has 0 heterocycles. The summed E-state index contributed by atoms with van der Waals surface area (Å²) in [4.78, 5) is 46.5. The van der Waals surface area contributed by atoms with Crippen molar-refractivity contribution in [1.29, 1.82) is 0 Å². The van der Waals surface area contributed by atoms with Crippen molar-refractivity contribution < 1.29 is 28.8 Å². The summed E-state index contributed by atoms with van der Waals surface area (Å²) in [6, 6.07) is 3.69. The number of carbonyl (C=O) groups excluding carboxylic acids is 3. The molecule has 0 aromatic heterocycles. The molecule has 0 fully saturated rings. The maximum absolute atomic E-state index is 12.5. The Labute approximate surface area is 173 Å². The zero-order valence-electron chi connectivity index (χ0n) is 17.2. The van der Waals surface area contributed by atoms with Crippen LogP contribution in [-0.2, 0) is 14.3 Å². The molecule has 0 saturated heterocycles. The summed E-state index contributed by atoms with van der Waals surface area (Å²) in [6.45, 7) is 6.51. The van der Waals surface area contributed by atoms with Gasteiger partial charge in [-0.15, -0.1) is 0 Å². The second kappa shape index (κ2) is 9.38. The number of alkyl carbamates (subject to hydrolysis) is 1. The van der Waals surface area contributed by atoms with E-state index < -0.39 is 40.8 Å². The van der Waals surface area contributed by atoms with Gasteiger partial charge in [-0.05, 0) is 45.4 Å². The molecule has 1 aromatic carbocycles. The molecule has 2 amide bonds. The average molecular weight is 419 g/mol. The van der Waals surface area contributed by atoms with Crippen molar-refractivity contribution >= 4 is 23.7 Å². The normalized spacial score (nSPS) is 20.7. The van der Waals surface area contributed by atoms with E-state index in [1.54, 1.807) is 32.9 Å². The maximum Gasteiger partial charge on any atom is 0.407 e. The summed E-state index contributed by atoms with van der Waals surface area (Å²) >= 11 is 0. The molecule has 0 radical (unpaired) electrons.